The number of hydrogen-bond donors (Lipinski definition) is 1. The second kappa shape index (κ2) is 8.37. The van der Waals surface area contributed by atoms with Gasteiger partial charge in [-0.2, -0.15) is 0 Å². The van der Waals surface area contributed by atoms with Crippen molar-refractivity contribution < 1.29 is 14.6 Å². The van der Waals surface area contributed by atoms with Crippen LogP contribution >= 0.6 is 11.8 Å². The summed E-state index contributed by atoms with van der Waals surface area (Å²) in [5.74, 6) is -0.0222. The van der Waals surface area contributed by atoms with Crippen molar-refractivity contribution in [1.82, 2.24) is 0 Å². The van der Waals surface area contributed by atoms with Gasteiger partial charge < -0.3 is 9.84 Å². The van der Waals surface area contributed by atoms with Crippen LogP contribution in [0.2, 0.25) is 0 Å². The Bertz CT molecular complexity index is 552. The van der Waals surface area contributed by atoms with Crippen molar-refractivity contribution in [3.05, 3.63) is 60.2 Å². The highest BCUT2D eigenvalue weighted by Gasteiger charge is 2.21. The zero-order valence-corrected chi connectivity index (χ0v) is 12.0. The fraction of sp³-hybridized carbons (Fsp3) is 0.235. The number of ether oxygens (including phenoxy) is 1. The molecule has 0 aliphatic heterocycles. The lowest BCUT2D eigenvalue weighted by molar-refractivity contribution is -0.139. The average Bonchev–Trinajstić information content (AvgIpc) is 2.49. The molecular weight excluding hydrogens is 284 g/mol. The van der Waals surface area contributed by atoms with Crippen molar-refractivity contribution in [2.75, 3.05) is 7.11 Å². The molecule has 2 aromatic rings. The highest BCUT2D eigenvalue weighted by Crippen LogP contribution is 2.27. The second-order valence-corrected chi connectivity index (χ2v) is 5.59. The van der Waals surface area contributed by atoms with E-state index in [1.807, 2.05) is 42.5 Å². The molecule has 0 spiro atoms. The highest BCUT2D eigenvalue weighted by molar-refractivity contribution is 8.00. The number of hydrogen-bond acceptors (Lipinski definition) is 4. The molecule has 112 valence electrons. The summed E-state index contributed by atoms with van der Waals surface area (Å²) in [5.41, 5.74) is 0.988. The van der Waals surface area contributed by atoms with Gasteiger partial charge >= 0.3 is 5.97 Å². The lowest BCUT2D eigenvalue weighted by atomic mass is 10.1. The Morgan fingerprint density at radius 1 is 1.14 bits per heavy atom. The van der Waals surface area contributed by atoms with Crippen molar-refractivity contribution in [3.8, 4) is 5.75 Å². The van der Waals surface area contributed by atoms with Crippen molar-refractivity contribution in [3.63, 3.8) is 0 Å². The molecule has 0 saturated carbocycles. The van der Waals surface area contributed by atoms with E-state index >= 15 is 0 Å². The largest absolute Gasteiger partial charge is 0.508 e. The summed E-state index contributed by atoms with van der Waals surface area (Å²) in [4.78, 5) is 12.9. The van der Waals surface area contributed by atoms with Gasteiger partial charge in [-0.3, -0.25) is 4.79 Å². The SMILES string of the molecule is C.COC(=O)C(Cc1ccc(O)cc1)Sc1ccccc1. The first kappa shape index (κ1) is 17.1. The van der Waals surface area contributed by atoms with Crippen LogP contribution in [0.4, 0.5) is 0 Å². The number of benzene rings is 2. The maximum atomic E-state index is 11.9. The van der Waals surface area contributed by atoms with Crippen LogP contribution in [0, 0.1) is 0 Å². The zero-order chi connectivity index (χ0) is 14.4. The molecule has 0 heterocycles. The van der Waals surface area contributed by atoms with Crippen LogP contribution in [0.15, 0.2) is 59.5 Å². The van der Waals surface area contributed by atoms with E-state index in [-0.39, 0.29) is 24.4 Å². The van der Waals surface area contributed by atoms with Crippen molar-refractivity contribution in [2.24, 2.45) is 0 Å². The predicted molar refractivity (Wildman–Crippen MR) is 86.6 cm³/mol. The monoisotopic (exact) mass is 304 g/mol. The summed E-state index contributed by atoms with van der Waals surface area (Å²) in [6, 6.07) is 16.6. The number of methoxy groups -OCH3 is 1. The van der Waals surface area contributed by atoms with Crippen LogP contribution in [0.5, 0.6) is 5.75 Å². The number of rotatable bonds is 5. The van der Waals surface area contributed by atoms with E-state index in [4.69, 9.17) is 4.74 Å². The van der Waals surface area contributed by atoms with Crippen molar-refractivity contribution >= 4 is 17.7 Å². The van der Waals surface area contributed by atoms with E-state index in [1.165, 1.54) is 18.9 Å². The van der Waals surface area contributed by atoms with Gasteiger partial charge in [0.25, 0.3) is 0 Å². The number of carbonyl (C=O) groups excluding carboxylic acids is 1. The minimum Gasteiger partial charge on any atom is -0.508 e. The summed E-state index contributed by atoms with van der Waals surface area (Å²) in [5, 5.41) is 8.99. The number of carbonyl (C=O) groups is 1. The van der Waals surface area contributed by atoms with E-state index in [2.05, 4.69) is 0 Å². The normalized spacial score (nSPS) is 11.3. The zero-order valence-electron chi connectivity index (χ0n) is 11.2. The molecule has 21 heavy (non-hydrogen) atoms. The van der Waals surface area contributed by atoms with E-state index in [0.717, 1.165) is 10.5 Å². The Balaban J connectivity index is 0.00000220. The van der Waals surface area contributed by atoms with Gasteiger partial charge in [0.2, 0.25) is 0 Å². The molecule has 3 nitrogen and oxygen atoms in total. The molecule has 4 heteroatoms. The second-order valence-electron chi connectivity index (χ2n) is 4.31. The molecular formula is C17H20O3S. The lowest BCUT2D eigenvalue weighted by Crippen LogP contribution is -2.21. The average molecular weight is 304 g/mol. The Hall–Kier alpha value is -1.94. The first-order chi connectivity index (χ1) is 9.69. The van der Waals surface area contributed by atoms with Crippen LogP contribution < -0.4 is 0 Å². The number of phenolic OH excluding ortho intramolecular Hbond substituents is 1. The van der Waals surface area contributed by atoms with Crippen LogP contribution in [0.3, 0.4) is 0 Å². The molecule has 2 aromatic carbocycles. The van der Waals surface area contributed by atoms with Gasteiger partial charge in [-0.15, -0.1) is 11.8 Å². The topological polar surface area (TPSA) is 46.5 Å². The van der Waals surface area contributed by atoms with Gasteiger partial charge in [0.05, 0.1) is 7.11 Å². The molecule has 0 amide bonds. The molecule has 0 fully saturated rings. The number of aromatic hydroxyl groups is 1. The van der Waals surface area contributed by atoms with Gasteiger partial charge in [-0.05, 0) is 36.2 Å². The Labute approximate surface area is 130 Å². The first-order valence-corrected chi connectivity index (χ1v) is 7.14. The quantitative estimate of drug-likeness (QED) is 0.672. The van der Waals surface area contributed by atoms with Crippen LogP contribution in [-0.2, 0) is 16.0 Å². The maximum absolute atomic E-state index is 11.9. The first-order valence-electron chi connectivity index (χ1n) is 6.26. The molecule has 0 aliphatic carbocycles. The molecule has 1 unspecified atom stereocenters. The molecule has 1 N–H and O–H groups in total. The standard InChI is InChI=1S/C16H16O3S.CH4/c1-19-16(18)15(20-14-5-3-2-4-6-14)11-12-7-9-13(17)10-8-12;/h2-10,15,17H,11H2,1H3;1H4. The predicted octanol–water partition coefficient (Wildman–Crippen LogP) is 3.90. The third-order valence-electron chi connectivity index (χ3n) is 2.84. The summed E-state index contributed by atoms with van der Waals surface area (Å²) >= 11 is 1.48. The third kappa shape index (κ3) is 5.16. The van der Waals surface area contributed by atoms with Crippen molar-refractivity contribution in [1.29, 1.82) is 0 Å². The van der Waals surface area contributed by atoms with Crippen LogP contribution in [-0.4, -0.2) is 23.4 Å². The third-order valence-corrected chi connectivity index (χ3v) is 4.03. The molecule has 0 radical (unpaired) electrons. The smallest absolute Gasteiger partial charge is 0.319 e. The lowest BCUT2D eigenvalue weighted by Gasteiger charge is -2.14. The van der Waals surface area contributed by atoms with E-state index in [9.17, 15) is 9.90 Å². The van der Waals surface area contributed by atoms with Gasteiger partial charge in [0, 0.05) is 4.90 Å². The van der Waals surface area contributed by atoms with Crippen LogP contribution in [0.1, 0.15) is 13.0 Å². The Morgan fingerprint density at radius 2 is 1.76 bits per heavy atom. The van der Waals surface area contributed by atoms with Crippen LogP contribution in [0.25, 0.3) is 0 Å². The minimum atomic E-state index is -0.299. The van der Waals surface area contributed by atoms with Gasteiger partial charge in [-0.25, -0.2) is 0 Å². The Kier molecular flexibility index (Phi) is 6.82. The summed E-state index contributed by atoms with van der Waals surface area (Å²) < 4.78 is 4.87. The molecule has 1 atom stereocenters. The number of phenols is 1. The Morgan fingerprint density at radius 3 is 2.33 bits per heavy atom. The van der Waals surface area contributed by atoms with Crippen molar-refractivity contribution in [2.45, 2.75) is 24.0 Å². The highest BCUT2D eigenvalue weighted by atomic mass is 32.2. The van der Waals surface area contributed by atoms with E-state index in [1.54, 1.807) is 12.1 Å². The van der Waals surface area contributed by atoms with Gasteiger partial charge in [-0.1, -0.05) is 37.8 Å². The minimum absolute atomic E-state index is 0. The van der Waals surface area contributed by atoms with Gasteiger partial charge in [0.1, 0.15) is 11.0 Å². The fourth-order valence-corrected chi connectivity index (χ4v) is 2.93. The molecule has 0 aromatic heterocycles. The molecule has 0 bridgehead atoms. The fourth-order valence-electron chi connectivity index (χ4n) is 1.81. The molecule has 0 saturated heterocycles. The summed E-state index contributed by atoms with van der Waals surface area (Å²) in [6.07, 6.45) is 0.562. The van der Waals surface area contributed by atoms with E-state index in [0.29, 0.717) is 6.42 Å². The molecule has 2 rings (SSSR count). The number of thioether (sulfide) groups is 1. The van der Waals surface area contributed by atoms with E-state index < -0.39 is 0 Å². The summed E-state index contributed by atoms with van der Waals surface area (Å²) in [7, 11) is 1.40. The molecule has 0 aliphatic rings. The van der Waals surface area contributed by atoms with Gasteiger partial charge in [0.15, 0.2) is 0 Å². The summed E-state index contributed by atoms with van der Waals surface area (Å²) in [6.45, 7) is 0. The number of esters is 1. The maximum Gasteiger partial charge on any atom is 0.319 e.